The first-order chi connectivity index (χ1) is 9.06. The number of benzene rings is 1. The molecule has 19 heavy (non-hydrogen) atoms. The Bertz CT molecular complexity index is 554. The molecule has 0 bridgehead atoms. The zero-order chi connectivity index (χ0) is 14.0. The number of nitrogens with zero attached hydrogens (tertiary/aromatic N) is 2. The third kappa shape index (κ3) is 2.88. The van der Waals surface area contributed by atoms with Crippen molar-refractivity contribution in [2.75, 3.05) is 0 Å². The second-order valence-corrected chi connectivity index (χ2v) is 5.49. The Balaban J connectivity index is 2.42. The van der Waals surface area contributed by atoms with Crippen LogP contribution in [-0.4, -0.2) is 9.78 Å². The molecular weight excluding hydrogens is 304 g/mol. The van der Waals surface area contributed by atoms with Crippen molar-refractivity contribution in [3.8, 4) is 0 Å². The molecule has 0 aliphatic carbocycles. The fraction of sp³-hybridized carbons (Fsp3) is 0.357. The summed E-state index contributed by atoms with van der Waals surface area (Å²) in [5, 5.41) is 4.30. The van der Waals surface area contributed by atoms with Crippen molar-refractivity contribution in [3.05, 3.63) is 51.3 Å². The Morgan fingerprint density at radius 1 is 1.32 bits per heavy atom. The lowest BCUT2D eigenvalue weighted by Crippen LogP contribution is -2.28. The van der Waals surface area contributed by atoms with E-state index >= 15 is 0 Å². The molecular formula is C14H19BrN4. The van der Waals surface area contributed by atoms with Crippen molar-refractivity contribution in [2.24, 2.45) is 5.84 Å². The Kier molecular flexibility index (Phi) is 4.39. The fourth-order valence-corrected chi connectivity index (χ4v) is 2.46. The van der Waals surface area contributed by atoms with Gasteiger partial charge in [0.15, 0.2) is 0 Å². The van der Waals surface area contributed by atoms with E-state index in [9.17, 15) is 0 Å². The molecule has 0 saturated carbocycles. The van der Waals surface area contributed by atoms with Crippen molar-refractivity contribution in [1.82, 2.24) is 15.2 Å². The third-order valence-corrected chi connectivity index (χ3v) is 4.52. The lowest BCUT2D eigenvalue weighted by molar-refractivity contribution is 0.629. The van der Waals surface area contributed by atoms with Crippen molar-refractivity contribution in [2.45, 2.75) is 33.4 Å². The highest BCUT2D eigenvalue weighted by atomic mass is 79.9. The molecule has 0 spiro atoms. The predicted octanol–water partition coefficient (Wildman–Crippen LogP) is 2.84. The molecule has 0 aliphatic rings. The van der Waals surface area contributed by atoms with E-state index in [0.29, 0.717) is 0 Å². The average Bonchev–Trinajstić information content (AvgIpc) is 2.85. The molecule has 1 heterocycles. The molecule has 1 aromatic heterocycles. The van der Waals surface area contributed by atoms with Gasteiger partial charge >= 0.3 is 0 Å². The van der Waals surface area contributed by atoms with E-state index in [1.54, 1.807) is 0 Å². The lowest BCUT2D eigenvalue weighted by atomic mass is 9.98. The molecule has 0 amide bonds. The molecule has 0 radical (unpaired) electrons. The minimum atomic E-state index is -0.0363. The summed E-state index contributed by atoms with van der Waals surface area (Å²) in [6, 6.07) is 4.25. The predicted molar refractivity (Wildman–Crippen MR) is 80.7 cm³/mol. The maximum absolute atomic E-state index is 5.73. The van der Waals surface area contributed by atoms with Gasteiger partial charge in [-0.1, -0.05) is 28.1 Å². The first kappa shape index (κ1) is 14.2. The lowest BCUT2D eigenvalue weighted by Gasteiger charge is -2.17. The first-order valence-electron chi connectivity index (χ1n) is 6.32. The summed E-state index contributed by atoms with van der Waals surface area (Å²) >= 11 is 3.59. The largest absolute Gasteiger partial charge is 0.273 e. The zero-order valence-electron chi connectivity index (χ0n) is 11.4. The highest BCUT2D eigenvalue weighted by Gasteiger charge is 2.16. The Morgan fingerprint density at radius 2 is 1.95 bits per heavy atom. The highest BCUT2D eigenvalue weighted by Crippen LogP contribution is 2.28. The molecule has 102 valence electrons. The Morgan fingerprint density at radius 3 is 2.42 bits per heavy atom. The summed E-state index contributed by atoms with van der Waals surface area (Å²) in [6.45, 7) is 7.10. The molecule has 1 unspecified atom stereocenters. The van der Waals surface area contributed by atoms with E-state index in [4.69, 9.17) is 5.84 Å². The van der Waals surface area contributed by atoms with Gasteiger partial charge in [-0.05, 0) is 37.5 Å². The van der Waals surface area contributed by atoms with Crippen LogP contribution in [0.4, 0.5) is 0 Å². The van der Waals surface area contributed by atoms with Crippen LogP contribution >= 0.6 is 15.9 Å². The SMILES string of the molecule is CCn1cc(C(NN)c2cc(C)c(Br)c(C)c2)cn1. The normalized spacial score (nSPS) is 12.7. The molecule has 3 N–H and O–H groups in total. The van der Waals surface area contributed by atoms with Gasteiger partial charge in [-0.3, -0.25) is 10.5 Å². The molecule has 0 aliphatic heterocycles. The second kappa shape index (κ2) is 5.86. The zero-order valence-corrected chi connectivity index (χ0v) is 13.0. The number of aryl methyl sites for hydroxylation is 3. The number of rotatable bonds is 4. The van der Waals surface area contributed by atoms with Crippen LogP contribution in [0, 0.1) is 13.8 Å². The summed E-state index contributed by atoms with van der Waals surface area (Å²) in [6.07, 6.45) is 3.89. The monoisotopic (exact) mass is 322 g/mol. The average molecular weight is 323 g/mol. The van der Waals surface area contributed by atoms with Crippen LogP contribution in [0.1, 0.15) is 35.2 Å². The summed E-state index contributed by atoms with van der Waals surface area (Å²) in [4.78, 5) is 0. The quantitative estimate of drug-likeness (QED) is 0.672. The Labute approximate surface area is 122 Å². The van der Waals surface area contributed by atoms with Gasteiger partial charge in [-0.15, -0.1) is 0 Å². The molecule has 4 nitrogen and oxygen atoms in total. The summed E-state index contributed by atoms with van der Waals surface area (Å²) in [5.41, 5.74) is 7.51. The maximum atomic E-state index is 5.73. The third-order valence-electron chi connectivity index (χ3n) is 3.27. The van der Waals surface area contributed by atoms with Crippen LogP contribution < -0.4 is 11.3 Å². The number of hydrogen-bond acceptors (Lipinski definition) is 3. The van der Waals surface area contributed by atoms with Gasteiger partial charge in [-0.25, -0.2) is 5.43 Å². The van der Waals surface area contributed by atoms with Crippen LogP contribution in [0.15, 0.2) is 29.0 Å². The van der Waals surface area contributed by atoms with Gasteiger partial charge in [0.05, 0.1) is 12.2 Å². The molecule has 0 saturated heterocycles. The number of hydrazine groups is 1. The van der Waals surface area contributed by atoms with E-state index < -0.39 is 0 Å². The summed E-state index contributed by atoms with van der Waals surface area (Å²) in [5.74, 6) is 5.73. The van der Waals surface area contributed by atoms with E-state index in [2.05, 4.69) is 59.4 Å². The molecule has 5 heteroatoms. The molecule has 2 rings (SSSR count). The first-order valence-corrected chi connectivity index (χ1v) is 7.11. The highest BCUT2D eigenvalue weighted by molar-refractivity contribution is 9.10. The van der Waals surface area contributed by atoms with Crippen LogP contribution in [0.25, 0.3) is 0 Å². The van der Waals surface area contributed by atoms with E-state index in [-0.39, 0.29) is 6.04 Å². The molecule has 0 fully saturated rings. The van der Waals surface area contributed by atoms with Gasteiger partial charge in [0.1, 0.15) is 0 Å². The smallest absolute Gasteiger partial charge is 0.0740 e. The van der Waals surface area contributed by atoms with Crippen molar-refractivity contribution >= 4 is 15.9 Å². The number of halogens is 1. The minimum Gasteiger partial charge on any atom is -0.273 e. The van der Waals surface area contributed by atoms with Crippen LogP contribution in [0.3, 0.4) is 0 Å². The van der Waals surface area contributed by atoms with E-state index in [1.807, 2.05) is 17.1 Å². The number of hydrogen-bond donors (Lipinski definition) is 2. The van der Waals surface area contributed by atoms with Crippen LogP contribution in [0.2, 0.25) is 0 Å². The fourth-order valence-electron chi connectivity index (χ4n) is 2.23. The van der Waals surface area contributed by atoms with Crippen molar-refractivity contribution in [3.63, 3.8) is 0 Å². The van der Waals surface area contributed by atoms with E-state index in [1.165, 1.54) is 11.1 Å². The van der Waals surface area contributed by atoms with Crippen LogP contribution in [0.5, 0.6) is 0 Å². The number of nitrogens with two attached hydrogens (primary N) is 1. The van der Waals surface area contributed by atoms with Crippen LogP contribution in [-0.2, 0) is 6.54 Å². The maximum Gasteiger partial charge on any atom is 0.0740 e. The molecule has 2 aromatic rings. The number of nitrogens with one attached hydrogen (secondary N) is 1. The molecule has 1 atom stereocenters. The number of aromatic nitrogens is 2. The molecule has 1 aromatic carbocycles. The second-order valence-electron chi connectivity index (χ2n) is 4.70. The summed E-state index contributed by atoms with van der Waals surface area (Å²) in [7, 11) is 0. The van der Waals surface area contributed by atoms with Gasteiger partial charge in [0.25, 0.3) is 0 Å². The summed E-state index contributed by atoms with van der Waals surface area (Å²) < 4.78 is 3.05. The van der Waals surface area contributed by atoms with E-state index in [0.717, 1.165) is 22.1 Å². The topological polar surface area (TPSA) is 55.9 Å². The van der Waals surface area contributed by atoms with Crippen molar-refractivity contribution < 1.29 is 0 Å². The minimum absolute atomic E-state index is 0.0363. The van der Waals surface area contributed by atoms with Crippen molar-refractivity contribution in [1.29, 1.82) is 0 Å². The van der Waals surface area contributed by atoms with Gasteiger partial charge in [-0.2, -0.15) is 5.10 Å². The van der Waals surface area contributed by atoms with Gasteiger partial charge < -0.3 is 0 Å². The Hall–Kier alpha value is -1.17. The van der Waals surface area contributed by atoms with Gasteiger partial charge in [0.2, 0.25) is 0 Å². The standard InChI is InChI=1S/C14H19BrN4/c1-4-19-8-12(7-17-19)14(18-16)11-5-9(2)13(15)10(3)6-11/h5-8,14,18H,4,16H2,1-3H3. The van der Waals surface area contributed by atoms with Gasteiger partial charge in [0, 0.05) is 22.8 Å².